The molecule has 2 heterocycles. The van der Waals surface area contributed by atoms with Gasteiger partial charge in [0.15, 0.2) is 0 Å². The van der Waals surface area contributed by atoms with E-state index < -0.39 is 0 Å². The highest BCUT2D eigenvalue weighted by atomic mass is 35.5. The number of rotatable bonds is 4. The number of halogens is 1. The number of nitrogens with zero attached hydrogens (tertiary/aromatic N) is 2. The smallest absolute Gasteiger partial charge is 0.251 e. The number of hydrogen-bond donors (Lipinski definition) is 1. The van der Waals surface area contributed by atoms with Crippen molar-refractivity contribution in [2.45, 2.75) is 32.2 Å². The Hall–Kier alpha value is -2.63. The summed E-state index contributed by atoms with van der Waals surface area (Å²) in [6.07, 6.45) is 6.10. The number of carbonyl (C=O) groups is 2. The van der Waals surface area contributed by atoms with Gasteiger partial charge in [-0.15, -0.1) is 0 Å². The molecule has 0 bridgehead atoms. The fourth-order valence-electron chi connectivity index (χ4n) is 4.25. The van der Waals surface area contributed by atoms with Crippen LogP contribution >= 0.6 is 11.6 Å². The summed E-state index contributed by atoms with van der Waals surface area (Å²) in [5.41, 5.74) is 3.85. The van der Waals surface area contributed by atoms with Gasteiger partial charge in [-0.3, -0.25) is 9.59 Å². The van der Waals surface area contributed by atoms with Crippen LogP contribution in [0.5, 0.6) is 0 Å². The van der Waals surface area contributed by atoms with Crippen LogP contribution in [0.2, 0.25) is 5.02 Å². The first-order valence-electron chi connectivity index (χ1n) is 10.4. The second-order valence-corrected chi connectivity index (χ2v) is 8.24. The molecule has 0 unspecified atom stereocenters. The molecule has 5 nitrogen and oxygen atoms in total. The molecule has 1 fully saturated rings. The van der Waals surface area contributed by atoms with E-state index in [1.807, 2.05) is 47.4 Å². The van der Waals surface area contributed by atoms with Crippen molar-refractivity contribution in [3.05, 3.63) is 64.7 Å². The molecule has 30 heavy (non-hydrogen) atoms. The Morgan fingerprint density at radius 1 is 1.13 bits per heavy atom. The van der Waals surface area contributed by atoms with E-state index >= 15 is 0 Å². The van der Waals surface area contributed by atoms with Crippen molar-refractivity contribution in [2.24, 2.45) is 0 Å². The lowest BCUT2D eigenvalue weighted by Crippen LogP contribution is -2.46. The maximum Gasteiger partial charge on any atom is 0.251 e. The van der Waals surface area contributed by atoms with Gasteiger partial charge in [0.1, 0.15) is 0 Å². The predicted molar refractivity (Wildman–Crippen MR) is 122 cm³/mol. The van der Waals surface area contributed by atoms with Gasteiger partial charge in [0.2, 0.25) is 5.91 Å². The number of piperidine rings is 1. The standard InChI is InChI=1S/C24H26ClN3O2/c1-17(29)27-15-12-19-5-8-22(16-23(19)27)28(21-10-13-26-14-11-21)24(30)9-4-18-2-6-20(25)7-3-18/h2-9,16,21,26H,10-15H2,1H3/b9-4+. The molecule has 6 heteroatoms. The molecular weight excluding hydrogens is 398 g/mol. The predicted octanol–water partition coefficient (Wildman–Crippen LogP) is 4.05. The van der Waals surface area contributed by atoms with Crippen LogP contribution in [0.3, 0.4) is 0 Å². The number of benzene rings is 2. The van der Waals surface area contributed by atoms with E-state index in [9.17, 15) is 9.59 Å². The van der Waals surface area contributed by atoms with Gasteiger partial charge in [-0.2, -0.15) is 0 Å². The van der Waals surface area contributed by atoms with Crippen LogP contribution in [-0.2, 0) is 16.0 Å². The molecule has 0 aromatic heterocycles. The quantitative estimate of drug-likeness (QED) is 0.755. The van der Waals surface area contributed by atoms with Gasteiger partial charge in [0.05, 0.1) is 0 Å². The van der Waals surface area contributed by atoms with E-state index in [-0.39, 0.29) is 17.9 Å². The molecule has 2 aromatic rings. The zero-order chi connectivity index (χ0) is 21.1. The third-order valence-corrected chi connectivity index (χ3v) is 6.07. The summed E-state index contributed by atoms with van der Waals surface area (Å²) in [6.45, 7) is 4.07. The highest BCUT2D eigenvalue weighted by Crippen LogP contribution is 2.34. The van der Waals surface area contributed by atoms with Gasteiger partial charge in [-0.25, -0.2) is 0 Å². The minimum Gasteiger partial charge on any atom is -0.317 e. The Balaban J connectivity index is 1.65. The van der Waals surface area contributed by atoms with E-state index in [1.54, 1.807) is 17.9 Å². The van der Waals surface area contributed by atoms with E-state index in [1.165, 1.54) is 0 Å². The molecule has 0 radical (unpaired) electrons. The lowest BCUT2D eigenvalue weighted by atomic mass is 10.0. The number of anilines is 2. The number of fused-ring (bicyclic) bond motifs is 1. The van der Waals surface area contributed by atoms with Crippen molar-refractivity contribution in [3.8, 4) is 0 Å². The monoisotopic (exact) mass is 423 g/mol. The van der Waals surface area contributed by atoms with E-state index in [0.29, 0.717) is 11.6 Å². The summed E-state index contributed by atoms with van der Waals surface area (Å²) >= 11 is 5.95. The zero-order valence-electron chi connectivity index (χ0n) is 17.1. The molecule has 1 N–H and O–H groups in total. The summed E-state index contributed by atoms with van der Waals surface area (Å²) in [5.74, 6) is -0.0163. The fraction of sp³-hybridized carbons (Fsp3) is 0.333. The van der Waals surface area contributed by atoms with Gasteiger partial charge in [-0.1, -0.05) is 29.8 Å². The SMILES string of the molecule is CC(=O)N1CCc2ccc(N(C(=O)/C=C/c3ccc(Cl)cc3)C3CCNCC3)cc21. The average molecular weight is 424 g/mol. The molecule has 4 rings (SSSR count). The summed E-state index contributed by atoms with van der Waals surface area (Å²) in [7, 11) is 0. The second kappa shape index (κ2) is 9.02. The Labute approximate surface area is 182 Å². The number of carbonyl (C=O) groups excluding carboxylic acids is 2. The van der Waals surface area contributed by atoms with Crippen LogP contribution in [0.15, 0.2) is 48.5 Å². The second-order valence-electron chi connectivity index (χ2n) is 7.81. The fourth-order valence-corrected chi connectivity index (χ4v) is 4.38. The van der Waals surface area contributed by atoms with Crippen molar-refractivity contribution >= 4 is 40.9 Å². The largest absolute Gasteiger partial charge is 0.317 e. The first-order valence-corrected chi connectivity index (χ1v) is 10.8. The van der Waals surface area contributed by atoms with Crippen molar-refractivity contribution in [1.82, 2.24) is 5.32 Å². The summed E-state index contributed by atoms with van der Waals surface area (Å²) < 4.78 is 0. The Morgan fingerprint density at radius 2 is 1.87 bits per heavy atom. The maximum atomic E-state index is 13.3. The molecule has 156 valence electrons. The molecule has 0 saturated carbocycles. The zero-order valence-corrected chi connectivity index (χ0v) is 17.9. The van der Waals surface area contributed by atoms with Crippen molar-refractivity contribution in [3.63, 3.8) is 0 Å². The molecule has 2 aromatic carbocycles. The Kier molecular flexibility index (Phi) is 6.21. The third-order valence-electron chi connectivity index (χ3n) is 5.82. The molecular formula is C24H26ClN3O2. The normalized spacial score (nSPS) is 16.7. The molecule has 1 saturated heterocycles. The van der Waals surface area contributed by atoms with Crippen molar-refractivity contribution < 1.29 is 9.59 Å². The number of nitrogens with one attached hydrogen (secondary N) is 1. The van der Waals surface area contributed by atoms with Crippen molar-refractivity contribution in [2.75, 3.05) is 29.4 Å². The molecule has 0 aliphatic carbocycles. The first kappa shape index (κ1) is 20.6. The van der Waals surface area contributed by atoms with Gasteiger partial charge in [0, 0.05) is 42.0 Å². The van der Waals surface area contributed by atoms with Crippen molar-refractivity contribution in [1.29, 1.82) is 0 Å². The third kappa shape index (κ3) is 4.42. The van der Waals surface area contributed by atoms with Crippen LogP contribution in [0.4, 0.5) is 11.4 Å². The van der Waals surface area contributed by atoms with Crippen LogP contribution in [0, 0.1) is 0 Å². The van der Waals surface area contributed by atoms with Gasteiger partial charge in [0.25, 0.3) is 5.91 Å². The lowest BCUT2D eigenvalue weighted by molar-refractivity contribution is -0.116. The average Bonchev–Trinajstić information content (AvgIpc) is 3.18. The number of amides is 2. The summed E-state index contributed by atoms with van der Waals surface area (Å²) in [4.78, 5) is 29.0. The molecule has 0 spiro atoms. The van der Waals surface area contributed by atoms with E-state index in [2.05, 4.69) is 11.4 Å². The molecule has 2 aliphatic heterocycles. The van der Waals surface area contributed by atoms with Crippen LogP contribution < -0.4 is 15.1 Å². The highest BCUT2D eigenvalue weighted by Gasteiger charge is 2.28. The van der Waals surface area contributed by atoms with E-state index in [0.717, 1.165) is 54.9 Å². The minimum absolute atomic E-state index is 0.0354. The van der Waals surface area contributed by atoms with E-state index in [4.69, 9.17) is 11.6 Å². The summed E-state index contributed by atoms with van der Waals surface area (Å²) in [5, 5.41) is 4.03. The summed E-state index contributed by atoms with van der Waals surface area (Å²) in [6, 6.07) is 13.6. The van der Waals surface area contributed by atoms with Gasteiger partial charge < -0.3 is 15.1 Å². The molecule has 2 aliphatic rings. The Morgan fingerprint density at radius 3 is 2.57 bits per heavy atom. The topological polar surface area (TPSA) is 52.7 Å². The van der Waals surface area contributed by atoms with Crippen LogP contribution in [-0.4, -0.2) is 37.5 Å². The molecule has 0 atom stereocenters. The lowest BCUT2D eigenvalue weighted by Gasteiger charge is -2.34. The maximum absolute atomic E-state index is 13.3. The Bertz CT molecular complexity index is 965. The van der Waals surface area contributed by atoms with Crippen LogP contribution in [0.1, 0.15) is 30.9 Å². The molecule has 2 amide bonds. The van der Waals surface area contributed by atoms with Gasteiger partial charge >= 0.3 is 0 Å². The highest BCUT2D eigenvalue weighted by molar-refractivity contribution is 6.30. The number of hydrogen-bond acceptors (Lipinski definition) is 3. The minimum atomic E-state index is -0.0517. The van der Waals surface area contributed by atoms with Gasteiger partial charge in [-0.05, 0) is 73.8 Å². The van der Waals surface area contributed by atoms with Crippen LogP contribution in [0.25, 0.3) is 6.08 Å². The first-order chi connectivity index (χ1) is 14.5.